The van der Waals surface area contributed by atoms with Crippen LogP contribution in [0.2, 0.25) is 0 Å². The van der Waals surface area contributed by atoms with Crippen molar-refractivity contribution < 1.29 is 4.79 Å². The Morgan fingerprint density at radius 1 is 1.07 bits per heavy atom. The van der Waals surface area contributed by atoms with E-state index in [9.17, 15) is 4.79 Å². The van der Waals surface area contributed by atoms with Crippen LogP contribution in [0.3, 0.4) is 0 Å². The number of aromatic nitrogens is 5. The molecule has 156 valence electrons. The first kappa shape index (κ1) is 20.1. The summed E-state index contributed by atoms with van der Waals surface area (Å²) in [6, 6.07) is 7.73. The van der Waals surface area contributed by atoms with Crippen molar-refractivity contribution in [2.45, 2.75) is 26.7 Å². The highest BCUT2D eigenvalue weighted by Crippen LogP contribution is 2.20. The number of nitrogens with zero attached hydrogens (tertiary/aromatic N) is 7. The Morgan fingerprint density at radius 3 is 2.53 bits per heavy atom. The second-order valence-electron chi connectivity index (χ2n) is 7.20. The number of carbonyl (C=O) groups excluding carboxylic acids is 1. The molecule has 0 atom stereocenters. The van der Waals surface area contributed by atoms with Crippen LogP contribution in [0.1, 0.15) is 34.3 Å². The molecule has 1 amide bonds. The van der Waals surface area contributed by atoms with E-state index in [0.29, 0.717) is 36.9 Å². The molecule has 9 nitrogen and oxygen atoms in total. The second kappa shape index (κ2) is 9.12. The number of anilines is 3. The topological polar surface area (TPSA) is 100 Å². The Morgan fingerprint density at radius 2 is 1.87 bits per heavy atom. The van der Waals surface area contributed by atoms with Gasteiger partial charge in [-0.2, -0.15) is 0 Å². The minimum absolute atomic E-state index is 0.0318. The van der Waals surface area contributed by atoms with E-state index >= 15 is 0 Å². The Kier molecular flexibility index (Phi) is 6.12. The zero-order valence-electron chi connectivity index (χ0n) is 17.1. The summed E-state index contributed by atoms with van der Waals surface area (Å²) in [6.07, 6.45) is 3.53. The van der Waals surface area contributed by atoms with E-state index in [4.69, 9.17) is 0 Å². The van der Waals surface area contributed by atoms with E-state index in [-0.39, 0.29) is 5.91 Å². The first-order chi connectivity index (χ1) is 14.6. The van der Waals surface area contributed by atoms with Crippen molar-refractivity contribution in [3.63, 3.8) is 0 Å². The molecule has 0 aliphatic carbocycles. The quantitative estimate of drug-likeness (QED) is 0.645. The highest BCUT2D eigenvalue weighted by Gasteiger charge is 2.26. The molecule has 1 N–H and O–H groups in total. The van der Waals surface area contributed by atoms with E-state index in [2.05, 4.69) is 41.9 Å². The third-order valence-electron chi connectivity index (χ3n) is 4.95. The summed E-state index contributed by atoms with van der Waals surface area (Å²) in [6.45, 7) is 6.77. The number of carbonyl (C=O) groups is 1. The van der Waals surface area contributed by atoms with Gasteiger partial charge in [-0.1, -0.05) is 23.9 Å². The number of hydrogen-bond acceptors (Lipinski definition) is 9. The van der Waals surface area contributed by atoms with Gasteiger partial charge >= 0.3 is 0 Å². The van der Waals surface area contributed by atoms with Crippen LogP contribution in [0.15, 0.2) is 30.5 Å². The highest BCUT2D eigenvalue weighted by atomic mass is 32.1. The van der Waals surface area contributed by atoms with Crippen molar-refractivity contribution in [1.29, 1.82) is 0 Å². The zero-order chi connectivity index (χ0) is 20.9. The molecule has 0 aromatic carbocycles. The van der Waals surface area contributed by atoms with Gasteiger partial charge in [0.1, 0.15) is 10.7 Å². The van der Waals surface area contributed by atoms with Crippen molar-refractivity contribution in [3.05, 3.63) is 46.6 Å². The molecule has 10 heteroatoms. The number of rotatable bonds is 6. The summed E-state index contributed by atoms with van der Waals surface area (Å²) in [4.78, 5) is 21.8. The molecule has 1 fully saturated rings. The fourth-order valence-electron chi connectivity index (χ4n) is 3.29. The first-order valence-corrected chi connectivity index (χ1v) is 10.8. The van der Waals surface area contributed by atoms with Gasteiger partial charge in [-0.25, -0.2) is 4.98 Å². The van der Waals surface area contributed by atoms with Gasteiger partial charge in [-0.15, -0.1) is 15.3 Å². The summed E-state index contributed by atoms with van der Waals surface area (Å²) < 4.78 is 3.97. The number of amides is 1. The van der Waals surface area contributed by atoms with Crippen LogP contribution >= 0.6 is 11.5 Å². The lowest BCUT2D eigenvalue weighted by Crippen LogP contribution is -2.49. The summed E-state index contributed by atoms with van der Waals surface area (Å²) in [5.74, 6) is 2.21. The molecule has 1 aliphatic rings. The van der Waals surface area contributed by atoms with Gasteiger partial charge < -0.3 is 15.1 Å². The summed E-state index contributed by atoms with van der Waals surface area (Å²) >= 11 is 1.19. The van der Waals surface area contributed by atoms with Crippen molar-refractivity contribution in [2.75, 3.05) is 36.4 Å². The predicted molar refractivity (Wildman–Crippen MR) is 116 cm³/mol. The van der Waals surface area contributed by atoms with Gasteiger partial charge in [-0.3, -0.25) is 4.79 Å². The molecular weight excluding hydrogens is 400 g/mol. The maximum absolute atomic E-state index is 12.8. The molecule has 1 saturated heterocycles. The van der Waals surface area contributed by atoms with Crippen LogP contribution in [0.4, 0.5) is 17.5 Å². The van der Waals surface area contributed by atoms with Gasteiger partial charge in [-0.05, 0) is 48.6 Å². The summed E-state index contributed by atoms with van der Waals surface area (Å²) in [5.41, 5.74) is 1.92. The maximum Gasteiger partial charge on any atom is 0.267 e. The number of aryl methyl sites for hydroxylation is 2. The zero-order valence-corrected chi connectivity index (χ0v) is 17.9. The fraction of sp³-hybridized carbons (Fsp3) is 0.400. The third kappa shape index (κ3) is 4.54. The van der Waals surface area contributed by atoms with E-state index in [1.807, 2.05) is 36.1 Å². The van der Waals surface area contributed by atoms with E-state index in [0.717, 1.165) is 35.7 Å². The van der Waals surface area contributed by atoms with Gasteiger partial charge in [0.2, 0.25) is 0 Å². The van der Waals surface area contributed by atoms with Crippen LogP contribution in [-0.2, 0) is 6.42 Å². The largest absolute Gasteiger partial charge is 0.352 e. The smallest absolute Gasteiger partial charge is 0.267 e. The highest BCUT2D eigenvalue weighted by molar-refractivity contribution is 7.08. The Hall–Kier alpha value is -3.14. The maximum atomic E-state index is 12.8. The lowest BCUT2D eigenvalue weighted by Gasteiger charge is -2.35. The number of nitrogens with one attached hydrogen (secondary N) is 1. The van der Waals surface area contributed by atoms with Crippen molar-refractivity contribution in [3.8, 4) is 0 Å². The van der Waals surface area contributed by atoms with E-state index in [1.54, 1.807) is 6.20 Å². The Balaban J connectivity index is 1.34. The molecule has 3 aromatic rings. The molecule has 30 heavy (non-hydrogen) atoms. The Bertz CT molecular complexity index is 981. The normalized spacial score (nSPS) is 14.1. The standard InChI is InChI=1S/C20H24N8OS/c1-3-4-15-19(30-26-23-15)20(29)28-11-9-27(10-12-28)18-8-7-17(24-25-18)22-16-6-5-14(2)13-21-16/h5-8,13H,3-4,9-12H2,1-2H3,(H,21,22,24). The van der Waals surface area contributed by atoms with Crippen molar-refractivity contribution >= 4 is 34.9 Å². The SMILES string of the molecule is CCCc1nnsc1C(=O)N1CCN(c2ccc(Nc3ccc(C)cn3)nn2)CC1. The molecule has 3 aromatic heterocycles. The number of pyridine rings is 1. The van der Waals surface area contributed by atoms with Crippen LogP contribution in [0.25, 0.3) is 0 Å². The molecule has 0 spiro atoms. The monoisotopic (exact) mass is 424 g/mol. The van der Waals surface area contributed by atoms with Crippen molar-refractivity contribution in [1.82, 2.24) is 29.7 Å². The fourth-order valence-corrected chi connectivity index (χ4v) is 3.96. The van der Waals surface area contributed by atoms with E-state index < -0.39 is 0 Å². The van der Waals surface area contributed by atoms with Crippen LogP contribution in [0, 0.1) is 6.92 Å². The van der Waals surface area contributed by atoms with Crippen LogP contribution < -0.4 is 10.2 Å². The molecule has 0 saturated carbocycles. The molecule has 1 aliphatic heterocycles. The van der Waals surface area contributed by atoms with Gasteiger partial charge in [0.25, 0.3) is 5.91 Å². The summed E-state index contributed by atoms with van der Waals surface area (Å²) in [5, 5.41) is 15.9. The summed E-state index contributed by atoms with van der Waals surface area (Å²) in [7, 11) is 0. The predicted octanol–water partition coefficient (Wildman–Crippen LogP) is 2.69. The lowest BCUT2D eigenvalue weighted by atomic mass is 10.2. The average Bonchev–Trinajstić information content (AvgIpc) is 3.24. The second-order valence-corrected chi connectivity index (χ2v) is 7.95. The molecule has 0 radical (unpaired) electrons. The number of hydrogen-bond donors (Lipinski definition) is 1. The number of piperazine rings is 1. The Labute approximate surface area is 179 Å². The minimum atomic E-state index is 0.0318. The van der Waals surface area contributed by atoms with Crippen molar-refractivity contribution in [2.24, 2.45) is 0 Å². The molecule has 4 heterocycles. The third-order valence-corrected chi connectivity index (χ3v) is 5.70. The minimum Gasteiger partial charge on any atom is -0.352 e. The van der Waals surface area contributed by atoms with E-state index in [1.165, 1.54) is 11.5 Å². The molecule has 0 bridgehead atoms. The average molecular weight is 425 g/mol. The van der Waals surface area contributed by atoms with Gasteiger partial charge in [0, 0.05) is 32.4 Å². The molecular formula is C20H24N8OS. The molecule has 0 unspecified atom stereocenters. The van der Waals surface area contributed by atoms with Crippen LogP contribution in [-0.4, -0.2) is 61.8 Å². The lowest BCUT2D eigenvalue weighted by molar-refractivity contribution is 0.0750. The first-order valence-electron chi connectivity index (χ1n) is 10.0. The van der Waals surface area contributed by atoms with Crippen LogP contribution in [0.5, 0.6) is 0 Å². The molecule has 4 rings (SSSR count). The van der Waals surface area contributed by atoms with Gasteiger partial charge in [0.15, 0.2) is 11.6 Å². The van der Waals surface area contributed by atoms with Gasteiger partial charge in [0.05, 0.1) is 5.69 Å².